The largest absolute Gasteiger partial charge is 0.489 e. The first-order valence-electron chi connectivity index (χ1n) is 7.64. The van der Waals surface area contributed by atoms with Gasteiger partial charge < -0.3 is 4.74 Å². The van der Waals surface area contributed by atoms with Crippen molar-refractivity contribution >= 4 is 5.57 Å². The minimum Gasteiger partial charge on any atom is -0.489 e. The fraction of sp³-hybridized carbons (Fsp3) is 0.263. The molecule has 0 saturated heterocycles. The van der Waals surface area contributed by atoms with Gasteiger partial charge in [0, 0.05) is 5.57 Å². The number of rotatable bonds is 6. The number of hydrogen-bond donors (Lipinski definition) is 0. The Morgan fingerprint density at radius 1 is 0.958 bits per heavy atom. The van der Waals surface area contributed by atoms with Crippen molar-refractivity contribution in [3.8, 4) is 0 Å². The summed E-state index contributed by atoms with van der Waals surface area (Å²) in [4.78, 5) is 0. The average molecular weight is 338 g/mol. The van der Waals surface area contributed by atoms with Crippen LogP contribution in [-0.2, 0) is 11.2 Å². The third kappa shape index (κ3) is 4.85. The molecule has 0 atom stereocenters. The van der Waals surface area contributed by atoms with Gasteiger partial charge in [0.25, 0.3) is 0 Å². The molecule has 0 unspecified atom stereocenters. The van der Waals surface area contributed by atoms with Crippen LogP contribution in [0.5, 0.6) is 0 Å². The molecule has 0 bridgehead atoms. The predicted molar refractivity (Wildman–Crippen MR) is 85.8 cm³/mol. The van der Waals surface area contributed by atoms with E-state index in [1.807, 2.05) is 30.3 Å². The third-order valence-electron chi connectivity index (χ3n) is 3.52. The molecule has 0 spiro atoms. The molecule has 2 aromatic carbocycles. The number of halogens is 4. The normalized spacial score (nSPS) is 12.7. The molecule has 2 rings (SSSR count). The molecule has 0 aliphatic heterocycles. The monoisotopic (exact) mass is 338 g/mol. The second kappa shape index (κ2) is 7.99. The first-order valence-corrected chi connectivity index (χ1v) is 7.64. The van der Waals surface area contributed by atoms with Crippen molar-refractivity contribution in [2.75, 3.05) is 6.61 Å². The Balaban J connectivity index is 2.41. The molecule has 0 N–H and O–H groups in total. The number of alkyl halides is 3. The second-order valence-electron chi connectivity index (χ2n) is 5.23. The quantitative estimate of drug-likeness (QED) is 0.480. The Bertz CT molecular complexity index is 673. The number of aryl methyl sites for hydroxylation is 1. The maximum absolute atomic E-state index is 13.4. The number of hydrogen-bond acceptors (Lipinski definition) is 1. The minimum atomic E-state index is -4.60. The Kier molecular flexibility index (Phi) is 6.01. The summed E-state index contributed by atoms with van der Waals surface area (Å²) in [5.41, 5.74) is 1.27. The van der Waals surface area contributed by atoms with Gasteiger partial charge in [0.2, 0.25) is 5.76 Å². The SMILES string of the molecule is CCO/C(=C(/CCc1ccccc1)c1ccc(F)cc1)C(F)(F)F. The van der Waals surface area contributed by atoms with Crippen LogP contribution < -0.4 is 0 Å². The highest BCUT2D eigenvalue weighted by molar-refractivity contribution is 5.68. The lowest BCUT2D eigenvalue weighted by molar-refractivity contribution is -0.129. The summed E-state index contributed by atoms with van der Waals surface area (Å²) in [6.45, 7) is 1.41. The Hall–Kier alpha value is -2.30. The first kappa shape index (κ1) is 18.0. The van der Waals surface area contributed by atoms with Gasteiger partial charge >= 0.3 is 6.18 Å². The van der Waals surface area contributed by atoms with E-state index in [1.165, 1.54) is 19.1 Å². The summed E-state index contributed by atoms with van der Waals surface area (Å²) in [5.74, 6) is -1.50. The molecular formula is C19H18F4O. The van der Waals surface area contributed by atoms with Crippen LogP contribution in [0, 0.1) is 5.82 Å². The molecule has 0 aliphatic carbocycles. The highest BCUT2D eigenvalue weighted by Gasteiger charge is 2.38. The van der Waals surface area contributed by atoms with E-state index in [9.17, 15) is 17.6 Å². The Morgan fingerprint density at radius 2 is 1.58 bits per heavy atom. The van der Waals surface area contributed by atoms with Crippen LogP contribution in [0.4, 0.5) is 17.6 Å². The fourth-order valence-electron chi connectivity index (χ4n) is 2.44. The summed E-state index contributed by atoms with van der Waals surface area (Å²) in [5, 5.41) is 0. The van der Waals surface area contributed by atoms with Crippen molar-refractivity contribution in [1.82, 2.24) is 0 Å². The summed E-state index contributed by atoms with van der Waals surface area (Å²) < 4.78 is 58.2. The zero-order chi connectivity index (χ0) is 17.6. The summed E-state index contributed by atoms with van der Waals surface area (Å²) in [6, 6.07) is 14.2. The molecule has 1 nitrogen and oxygen atoms in total. The van der Waals surface area contributed by atoms with E-state index >= 15 is 0 Å². The number of benzene rings is 2. The predicted octanol–water partition coefficient (Wildman–Crippen LogP) is 5.77. The van der Waals surface area contributed by atoms with Crippen molar-refractivity contribution in [3.05, 3.63) is 77.3 Å². The van der Waals surface area contributed by atoms with E-state index in [2.05, 4.69) is 0 Å². The van der Waals surface area contributed by atoms with E-state index in [-0.39, 0.29) is 18.6 Å². The molecule has 5 heteroatoms. The standard InChI is InChI=1S/C19H18F4O/c1-2-24-18(19(21,22)23)17(15-9-11-16(20)12-10-15)13-8-14-6-4-3-5-7-14/h3-7,9-12H,2,8,13H2,1H3/b18-17-. The van der Waals surface area contributed by atoms with Crippen LogP contribution in [-0.4, -0.2) is 12.8 Å². The molecule has 0 aromatic heterocycles. The molecule has 2 aromatic rings. The number of ether oxygens (including phenoxy) is 1. The minimum absolute atomic E-state index is 0.0354. The molecule has 0 saturated carbocycles. The highest BCUT2D eigenvalue weighted by atomic mass is 19.4. The van der Waals surface area contributed by atoms with E-state index in [4.69, 9.17) is 4.74 Å². The lowest BCUT2D eigenvalue weighted by Gasteiger charge is -2.18. The van der Waals surface area contributed by atoms with Crippen LogP contribution >= 0.6 is 0 Å². The van der Waals surface area contributed by atoms with Crippen LogP contribution in [0.15, 0.2) is 60.4 Å². The molecule has 128 valence electrons. The Morgan fingerprint density at radius 3 is 2.12 bits per heavy atom. The molecule has 24 heavy (non-hydrogen) atoms. The van der Waals surface area contributed by atoms with Gasteiger partial charge in [-0.3, -0.25) is 0 Å². The van der Waals surface area contributed by atoms with Gasteiger partial charge in [-0.2, -0.15) is 13.2 Å². The van der Waals surface area contributed by atoms with Crippen LogP contribution in [0.2, 0.25) is 0 Å². The summed E-state index contributed by atoms with van der Waals surface area (Å²) in [7, 11) is 0. The van der Waals surface area contributed by atoms with Crippen molar-refractivity contribution in [2.45, 2.75) is 25.9 Å². The third-order valence-corrected chi connectivity index (χ3v) is 3.52. The zero-order valence-electron chi connectivity index (χ0n) is 13.2. The topological polar surface area (TPSA) is 9.23 Å². The summed E-state index contributed by atoms with van der Waals surface area (Å²) in [6.07, 6.45) is -4.03. The number of allylic oxidation sites excluding steroid dienone is 2. The molecule has 0 heterocycles. The van der Waals surface area contributed by atoms with Gasteiger partial charge in [0.1, 0.15) is 5.82 Å². The summed E-state index contributed by atoms with van der Waals surface area (Å²) >= 11 is 0. The van der Waals surface area contributed by atoms with Gasteiger partial charge in [0.05, 0.1) is 6.61 Å². The van der Waals surface area contributed by atoms with Gasteiger partial charge in [-0.15, -0.1) is 0 Å². The van der Waals surface area contributed by atoms with Crippen molar-refractivity contribution in [2.24, 2.45) is 0 Å². The highest BCUT2D eigenvalue weighted by Crippen LogP contribution is 2.35. The van der Waals surface area contributed by atoms with Gasteiger partial charge in [-0.1, -0.05) is 42.5 Å². The van der Waals surface area contributed by atoms with Gasteiger partial charge in [-0.05, 0) is 43.0 Å². The van der Waals surface area contributed by atoms with E-state index in [1.54, 1.807) is 0 Å². The van der Waals surface area contributed by atoms with Crippen LogP contribution in [0.25, 0.3) is 5.57 Å². The van der Waals surface area contributed by atoms with Crippen LogP contribution in [0.1, 0.15) is 24.5 Å². The maximum Gasteiger partial charge on any atom is 0.449 e. The van der Waals surface area contributed by atoms with Crippen molar-refractivity contribution in [1.29, 1.82) is 0 Å². The smallest absolute Gasteiger partial charge is 0.449 e. The molecule has 0 fully saturated rings. The zero-order valence-corrected chi connectivity index (χ0v) is 13.2. The van der Waals surface area contributed by atoms with Crippen molar-refractivity contribution < 1.29 is 22.3 Å². The maximum atomic E-state index is 13.4. The van der Waals surface area contributed by atoms with Gasteiger partial charge in [-0.25, -0.2) is 4.39 Å². The lowest BCUT2D eigenvalue weighted by Crippen LogP contribution is -2.17. The average Bonchev–Trinajstić information content (AvgIpc) is 2.55. The van der Waals surface area contributed by atoms with Gasteiger partial charge in [0.15, 0.2) is 0 Å². The van der Waals surface area contributed by atoms with E-state index in [0.717, 1.165) is 17.7 Å². The van der Waals surface area contributed by atoms with E-state index in [0.29, 0.717) is 12.0 Å². The molecule has 0 aliphatic rings. The molecular weight excluding hydrogens is 320 g/mol. The first-order chi connectivity index (χ1) is 11.4. The van der Waals surface area contributed by atoms with Crippen molar-refractivity contribution in [3.63, 3.8) is 0 Å². The second-order valence-corrected chi connectivity index (χ2v) is 5.23. The Labute approximate surface area is 138 Å². The fourth-order valence-corrected chi connectivity index (χ4v) is 2.44. The van der Waals surface area contributed by atoms with E-state index < -0.39 is 17.8 Å². The van der Waals surface area contributed by atoms with Crippen LogP contribution in [0.3, 0.4) is 0 Å². The lowest BCUT2D eigenvalue weighted by atomic mass is 9.96. The molecule has 0 radical (unpaired) electrons. The molecule has 0 amide bonds.